The second-order valence-electron chi connectivity index (χ2n) is 7.95. The minimum absolute atomic E-state index is 0.135. The zero-order valence-corrected chi connectivity index (χ0v) is 19.1. The molecular weight excluding hydrogens is 392 g/mol. The van der Waals surface area contributed by atoms with Crippen LogP contribution in [0.1, 0.15) is 72.1 Å². The molecule has 0 saturated heterocycles. The zero-order valence-electron chi connectivity index (χ0n) is 19.1. The third kappa shape index (κ3) is 16.7. The van der Waals surface area contributed by atoms with Crippen LogP contribution in [-0.4, -0.2) is 81.4 Å². The van der Waals surface area contributed by atoms with Gasteiger partial charge in [-0.25, -0.2) is 4.79 Å². The maximum Gasteiger partial charge on any atom is 0.330 e. The highest BCUT2D eigenvalue weighted by Gasteiger charge is 2.27. The molecule has 7 N–H and O–H groups in total. The van der Waals surface area contributed by atoms with Crippen molar-refractivity contribution in [2.45, 2.75) is 72.1 Å². The molecular formula is C22H46O8. The number of hydrogen-bond donors (Lipinski definition) is 7. The number of unbranched alkanes of at least 4 members (excludes halogenated alkanes) is 4. The van der Waals surface area contributed by atoms with E-state index in [-0.39, 0.29) is 45.2 Å². The molecule has 30 heavy (non-hydrogen) atoms. The number of aliphatic hydroxyl groups is 6. The summed E-state index contributed by atoms with van der Waals surface area (Å²) in [5, 5.41) is 61.6. The summed E-state index contributed by atoms with van der Waals surface area (Å²) in [4.78, 5) is 9.60. The molecule has 0 aromatic rings. The number of hydrogen-bond acceptors (Lipinski definition) is 7. The summed E-state index contributed by atoms with van der Waals surface area (Å²) in [5.74, 6) is -0.935. The highest BCUT2D eigenvalue weighted by molar-refractivity contribution is 5.84. The second-order valence-corrected chi connectivity index (χ2v) is 7.95. The molecule has 0 radical (unpaired) electrons. The van der Waals surface area contributed by atoms with E-state index in [1.165, 1.54) is 6.92 Å². The minimum atomic E-state index is -0.935. The van der Waals surface area contributed by atoms with Crippen LogP contribution in [0, 0.1) is 10.8 Å². The van der Waals surface area contributed by atoms with E-state index in [9.17, 15) is 4.79 Å². The Morgan fingerprint density at radius 2 is 0.900 bits per heavy atom. The number of aliphatic carboxylic acids is 1. The third-order valence-electron chi connectivity index (χ3n) is 5.00. The van der Waals surface area contributed by atoms with Crippen LogP contribution in [0.5, 0.6) is 0 Å². The monoisotopic (exact) mass is 438 g/mol. The molecule has 0 aliphatic rings. The first-order valence-electron chi connectivity index (χ1n) is 10.7. The fourth-order valence-corrected chi connectivity index (χ4v) is 2.27. The Kier molecular flexibility index (Phi) is 23.8. The molecule has 0 saturated carbocycles. The van der Waals surface area contributed by atoms with Gasteiger partial charge in [-0.05, 0) is 19.8 Å². The van der Waals surface area contributed by atoms with Gasteiger partial charge in [0.15, 0.2) is 0 Å². The molecule has 8 heteroatoms. The highest BCUT2D eigenvalue weighted by atomic mass is 16.4. The summed E-state index contributed by atoms with van der Waals surface area (Å²) in [7, 11) is 0. The molecule has 0 heterocycles. The smallest absolute Gasteiger partial charge is 0.330 e. The van der Waals surface area contributed by atoms with E-state index in [1.807, 2.05) is 0 Å². The number of carboxylic acids is 1. The summed E-state index contributed by atoms with van der Waals surface area (Å²) in [5.41, 5.74) is -1.14. The summed E-state index contributed by atoms with van der Waals surface area (Å²) >= 11 is 0. The Morgan fingerprint density at radius 1 is 0.667 bits per heavy atom. The van der Waals surface area contributed by atoms with Crippen molar-refractivity contribution in [3.63, 3.8) is 0 Å². The van der Waals surface area contributed by atoms with Crippen molar-refractivity contribution in [3.05, 3.63) is 12.2 Å². The summed E-state index contributed by atoms with van der Waals surface area (Å²) in [6.45, 7) is 7.98. The lowest BCUT2D eigenvalue weighted by molar-refractivity contribution is -0.132. The summed E-state index contributed by atoms with van der Waals surface area (Å²) in [6, 6.07) is 0. The average Bonchev–Trinajstić information content (AvgIpc) is 2.76. The van der Waals surface area contributed by atoms with Crippen LogP contribution in [0.15, 0.2) is 12.2 Å². The van der Waals surface area contributed by atoms with Gasteiger partial charge in [-0.1, -0.05) is 59.0 Å². The lowest BCUT2D eigenvalue weighted by atomic mass is 9.85. The quantitative estimate of drug-likeness (QED) is 0.150. The molecule has 0 unspecified atom stereocenters. The van der Waals surface area contributed by atoms with Gasteiger partial charge >= 0.3 is 5.97 Å². The molecule has 0 spiro atoms. The van der Waals surface area contributed by atoms with Crippen molar-refractivity contribution in [1.82, 2.24) is 0 Å². The number of carboxylic acid groups (broad SMARTS) is 1. The van der Waals surface area contributed by atoms with Gasteiger partial charge < -0.3 is 35.7 Å². The van der Waals surface area contributed by atoms with Crippen molar-refractivity contribution >= 4 is 5.97 Å². The fourth-order valence-electron chi connectivity index (χ4n) is 2.27. The molecule has 182 valence electrons. The van der Waals surface area contributed by atoms with Gasteiger partial charge in [0.2, 0.25) is 0 Å². The Morgan fingerprint density at radius 3 is 1.03 bits per heavy atom. The first-order valence-corrected chi connectivity index (χ1v) is 10.7. The fraction of sp³-hybridized carbons (Fsp3) is 0.864. The van der Waals surface area contributed by atoms with Crippen LogP contribution in [0.2, 0.25) is 0 Å². The molecule has 0 aromatic heterocycles. The molecule has 0 amide bonds. The number of carbonyl (C=O) groups is 1. The van der Waals surface area contributed by atoms with Crippen LogP contribution in [0.25, 0.3) is 0 Å². The topological polar surface area (TPSA) is 159 Å². The van der Waals surface area contributed by atoms with Gasteiger partial charge in [-0.15, -0.1) is 0 Å². The van der Waals surface area contributed by atoms with Crippen molar-refractivity contribution in [3.8, 4) is 0 Å². The maximum absolute atomic E-state index is 9.60. The molecule has 0 aliphatic carbocycles. The van der Waals surface area contributed by atoms with Crippen LogP contribution < -0.4 is 0 Å². The second kappa shape index (κ2) is 21.2. The van der Waals surface area contributed by atoms with Crippen LogP contribution in [0.4, 0.5) is 0 Å². The Balaban J connectivity index is -0.000000386. The first-order chi connectivity index (χ1) is 14.1. The highest BCUT2D eigenvalue weighted by Crippen LogP contribution is 2.23. The van der Waals surface area contributed by atoms with E-state index in [2.05, 4.69) is 20.4 Å². The van der Waals surface area contributed by atoms with Gasteiger partial charge in [0.05, 0.1) is 39.6 Å². The molecule has 0 aromatic carbocycles. The van der Waals surface area contributed by atoms with Crippen molar-refractivity contribution in [2.24, 2.45) is 10.8 Å². The molecule has 0 bridgehead atoms. The van der Waals surface area contributed by atoms with Gasteiger partial charge in [-0.3, -0.25) is 0 Å². The largest absolute Gasteiger partial charge is 0.478 e. The van der Waals surface area contributed by atoms with Gasteiger partial charge in [0.25, 0.3) is 0 Å². The van der Waals surface area contributed by atoms with Crippen LogP contribution in [-0.2, 0) is 4.79 Å². The van der Waals surface area contributed by atoms with Crippen molar-refractivity contribution < 1.29 is 40.5 Å². The lowest BCUT2D eigenvalue weighted by Gasteiger charge is -2.26. The Hall–Kier alpha value is -1.03. The zero-order chi connectivity index (χ0) is 24.1. The van der Waals surface area contributed by atoms with E-state index in [4.69, 9.17) is 35.7 Å². The molecule has 0 rings (SSSR count). The van der Waals surface area contributed by atoms with Crippen LogP contribution >= 0.6 is 0 Å². The standard InChI is InChI=1S/2C9H20O3.C4H6O2/c2*1-2-3-4-5-9(6-10,7-11)8-12;1-3(2)4(5)6/h2*10-12H,2-8H2,1H3;1H2,2H3,(H,5,6). The average molecular weight is 439 g/mol. The molecule has 0 aliphatic heterocycles. The molecule has 0 fully saturated rings. The minimum Gasteiger partial charge on any atom is -0.478 e. The Labute approximate surface area is 181 Å². The summed E-state index contributed by atoms with van der Waals surface area (Å²) < 4.78 is 0. The van der Waals surface area contributed by atoms with Crippen LogP contribution in [0.3, 0.4) is 0 Å². The van der Waals surface area contributed by atoms with E-state index < -0.39 is 16.8 Å². The molecule has 0 atom stereocenters. The summed E-state index contributed by atoms with van der Waals surface area (Å²) in [6.07, 6.45) is 7.70. The molecule has 8 nitrogen and oxygen atoms in total. The lowest BCUT2D eigenvalue weighted by Crippen LogP contribution is -2.33. The normalized spacial score (nSPS) is 11.1. The number of aliphatic hydroxyl groups excluding tert-OH is 6. The predicted molar refractivity (Wildman–Crippen MR) is 118 cm³/mol. The SMILES string of the molecule is C=C(C)C(=O)O.CCCCCC(CO)(CO)CO.CCCCCC(CO)(CO)CO. The maximum atomic E-state index is 9.60. The van der Waals surface area contributed by atoms with Gasteiger partial charge in [0, 0.05) is 16.4 Å². The van der Waals surface area contributed by atoms with Crippen molar-refractivity contribution in [1.29, 1.82) is 0 Å². The number of rotatable bonds is 15. The van der Waals surface area contributed by atoms with E-state index in [1.54, 1.807) is 0 Å². The Bertz CT molecular complexity index is 349. The van der Waals surface area contributed by atoms with Gasteiger partial charge in [-0.2, -0.15) is 0 Å². The van der Waals surface area contributed by atoms with E-state index in [0.717, 1.165) is 38.5 Å². The predicted octanol–water partition coefficient (Wildman–Crippen LogP) is 1.71. The van der Waals surface area contributed by atoms with Gasteiger partial charge in [0.1, 0.15) is 0 Å². The van der Waals surface area contributed by atoms with Crippen molar-refractivity contribution in [2.75, 3.05) is 39.6 Å². The van der Waals surface area contributed by atoms with E-state index in [0.29, 0.717) is 12.8 Å². The van der Waals surface area contributed by atoms with E-state index >= 15 is 0 Å². The first kappa shape index (κ1) is 33.6. The third-order valence-corrected chi connectivity index (χ3v) is 5.00.